The van der Waals surface area contributed by atoms with Crippen LogP contribution in [0.1, 0.15) is 33.6 Å². The van der Waals surface area contributed by atoms with Crippen molar-refractivity contribution in [3.8, 4) is 0 Å². The van der Waals surface area contributed by atoms with Gasteiger partial charge >= 0.3 is 0 Å². The third-order valence-corrected chi connectivity index (χ3v) is 8.44. The van der Waals surface area contributed by atoms with E-state index in [0.29, 0.717) is 5.92 Å². The van der Waals surface area contributed by atoms with Crippen LogP contribution in [0.25, 0.3) is 0 Å². The highest BCUT2D eigenvalue weighted by Gasteiger charge is 2.40. The summed E-state index contributed by atoms with van der Waals surface area (Å²) in [5, 5.41) is 9.29. The molecular formula is C13H26O2Si. The van der Waals surface area contributed by atoms with Gasteiger partial charge in [0.2, 0.25) is 0 Å². The van der Waals surface area contributed by atoms with Crippen LogP contribution in [0.15, 0.2) is 12.2 Å². The lowest BCUT2D eigenvalue weighted by molar-refractivity contribution is 0.145. The molecule has 0 bridgehead atoms. The van der Waals surface area contributed by atoms with Gasteiger partial charge in [0, 0.05) is 6.61 Å². The number of hydrogen-bond acceptors (Lipinski definition) is 2. The molecule has 16 heavy (non-hydrogen) atoms. The van der Waals surface area contributed by atoms with E-state index in [1.54, 1.807) is 0 Å². The Morgan fingerprint density at radius 2 is 2.00 bits per heavy atom. The number of hydrogen-bond donors (Lipinski definition) is 1. The van der Waals surface area contributed by atoms with Gasteiger partial charge in [-0.05, 0) is 36.9 Å². The first kappa shape index (κ1) is 13.9. The lowest BCUT2D eigenvalue weighted by Gasteiger charge is -2.39. The highest BCUT2D eigenvalue weighted by atomic mass is 28.4. The lowest BCUT2D eigenvalue weighted by Crippen LogP contribution is -2.44. The predicted molar refractivity (Wildman–Crippen MR) is 71.0 cm³/mol. The first-order chi connectivity index (χ1) is 7.28. The second-order valence-corrected chi connectivity index (χ2v) is 11.0. The van der Waals surface area contributed by atoms with E-state index in [1.807, 2.05) is 0 Å². The molecule has 2 atom stereocenters. The summed E-state index contributed by atoms with van der Waals surface area (Å²) in [6.07, 6.45) is 6.51. The fourth-order valence-corrected chi connectivity index (χ4v) is 3.08. The van der Waals surface area contributed by atoms with Crippen molar-refractivity contribution in [2.75, 3.05) is 6.61 Å². The summed E-state index contributed by atoms with van der Waals surface area (Å²) in [4.78, 5) is 0. The average molecular weight is 242 g/mol. The largest absolute Gasteiger partial charge is 0.410 e. The van der Waals surface area contributed by atoms with E-state index in [0.717, 1.165) is 12.8 Å². The molecule has 0 spiro atoms. The molecule has 1 aliphatic rings. The summed E-state index contributed by atoms with van der Waals surface area (Å²) in [5.74, 6) is 0.485. The summed E-state index contributed by atoms with van der Waals surface area (Å²) in [5.41, 5.74) is 0. The third kappa shape index (κ3) is 3.19. The number of allylic oxidation sites excluding steroid dienone is 1. The van der Waals surface area contributed by atoms with Gasteiger partial charge < -0.3 is 9.53 Å². The summed E-state index contributed by atoms with van der Waals surface area (Å²) < 4.78 is 6.37. The number of rotatable bonds is 4. The van der Waals surface area contributed by atoms with Crippen molar-refractivity contribution in [2.24, 2.45) is 5.92 Å². The first-order valence-electron chi connectivity index (χ1n) is 6.23. The van der Waals surface area contributed by atoms with Crippen LogP contribution in [-0.2, 0) is 4.43 Å². The Morgan fingerprint density at radius 1 is 1.38 bits per heavy atom. The normalized spacial score (nSPS) is 26.4. The van der Waals surface area contributed by atoms with Gasteiger partial charge in [0.15, 0.2) is 8.32 Å². The zero-order valence-corrected chi connectivity index (χ0v) is 12.3. The summed E-state index contributed by atoms with van der Waals surface area (Å²) in [6, 6.07) is 0. The zero-order chi connectivity index (χ0) is 12.4. The molecule has 94 valence electrons. The Bertz CT molecular complexity index is 253. The SMILES string of the molecule is CC(C)(C)[Si](C)(C)O[C@H]1C=CC[C@H]1CCO. The molecule has 0 amide bonds. The van der Waals surface area contributed by atoms with Gasteiger partial charge in [-0.15, -0.1) is 0 Å². The van der Waals surface area contributed by atoms with Gasteiger partial charge in [0.05, 0.1) is 6.10 Å². The van der Waals surface area contributed by atoms with Gasteiger partial charge in [-0.2, -0.15) is 0 Å². The van der Waals surface area contributed by atoms with Crippen LogP contribution in [0.5, 0.6) is 0 Å². The molecule has 0 saturated heterocycles. The van der Waals surface area contributed by atoms with Crippen LogP contribution in [-0.4, -0.2) is 26.1 Å². The van der Waals surface area contributed by atoms with Crippen LogP contribution in [0.4, 0.5) is 0 Å². The van der Waals surface area contributed by atoms with E-state index in [1.165, 1.54) is 0 Å². The Morgan fingerprint density at radius 3 is 2.50 bits per heavy atom. The Kier molecular flexibility index (Phi) is 4.38. The van der Waals surface area contributed by atoms with Crippen molar-refractivity contribution in [1.29, 1.82) is 0 Å². The molecule has 0 aromatic heterocycles. The maximum absolute atomic E-state index is 9.03. The fourth-order valence-electron chi connectivity index (χ4n) is 1.78. The van der Waals surface area contributed by atoms with Crippen molar-refractivity contribution in [2.45, 2.75) is 57.8 Å². The van der Waals surface area contributed by atoms with Crippen LogP contribution in [0.2, 0.25) is 18.1 Å². The molecule has 0 heterocycles. The standard InChI is InChI=1S/C13H26O2Si/c1-13(2,3)16(4,5)15-12-8-6-7-11(12)9-10-14/h6,8,11-12,14H,7,9-10H2,1-5H3/t11-,12-/m0/s1. The molecule has 1 N–H and O–H groups in total. The van der Waals surface area contributed by atoms with Crippen molar-refractivity contribution < 1.29 is 9.53 Å². The van der Waals surface area contributed by atoms with E-state index in [4.69, 9.17) is 9.53 Å². The summed E-state index contributed by atoms with van der Waals surface area (Å²) >= 11 is 0. The van der Waals surface area contributed by atoms with Crippen molar-refractivity contribution >= 4 is 8.32 Å². The molecule has 0 aromatic carbocycles. The maximum Gasteiger partial charge on any atom is 0.192 e. The van der Waals surface area contributed by atoms with Gasteiger partial charge in [-0.3, -0.25) is 0 Å². The van der Waals surface area contributed by atoms with Crippen molar-refractivity contribution in [3.63, 3.8) is 0 Å². The van der Waals surface area contributed by atoms with E-state index < -0.39 is 8.32 Å². The van der Waals surface area contributed by atoms with Gasteiger partial charge in [0.1, 0.15) is 0 Å². The molecule has 0 unspecified atom stereocenters. The smallest absolute Gasteiger partial charge is 0.192 e. The maximum atomic E-state index is 9.03. The quantitative estimate of drug-likeness (QED) is 0.605. The van der Waals surface area contributed by atoms with Crippen LogP contribution >= 0.6 is 0 Å². The van der Waals surface area contributed by atoms with E-state index >= 15 is 0 Å². The van der Waals surface area contributed by atoms with Crippen LogP contribution < -0.4 is 0 Å². The molecule has 0 aromatic rings. The minimum absolute atomic E-state index is 0.230. The molecule has 1 rings (SSSR count). The fraction of sp³-hybridized carbons (Fsp3) is 0.846. The van der Waals surface area contributed by atoms with Crippen LogP contribution in [0.3, 0.4) is 0 Å². The Hall–Kier alpha value is -0.123. The number of aliphatic hydroxyl groups excluding tert-OH is 1. The van der Waals surface area contributed by atoms with E-state index in [2.05, 4.69) is 46.0 Å². The topological polar surface area (TPSA) is 29.5 Å². The summed E-state index contributed by atoms with van der Waals surface area (Å²) in [6.45, 7) is 11.6. The molecule has 0 saturated carbocycles. The third-order valence-electron chi connectivity index (χ3n) is 3.97. The Labute approximate surface area is 101 Å². The highest BCUT2D eigenvalue weighted by Crippen LogP contribution is 2.39. The number of aliphatic hydroxyl groups is 1. The van der Waals surface area contributed by atoms with E-state index in [-0.39, 0.29) is 17.7 Å². The van der Waals surface area contributed by atoms with Gasteiger partial charge in [-0.25, -0.2) is 0 Å². The zero-order valence-electron chi connectivity index (χ0n) is 11.3. The van der Waals surface area contributed by atoms with Crippen molar-refractivity contribution in [3.05, 3.63) is 12.2 Å². The molecule has 1 aliphatic carbocycles. The first-order valence-corrected chi connectivity index (χ1v) is 9.14. The summed E-state index contributed by atoms with van der Waals surface area (Å²) in [7, 11) is -1.67. The molecule has 0 radical (unpaired) electrons. The van der Waals surface area contributed by atoms with E-state index in [9.17, 15) is 0 Å². The molecule has 0 aliphatic heterocycles. The second-order valence-electron chi connectivity index (χ2n) is 6.28. The highest BCUT2D eigenvalue weighted by molar-refractivity contribution is 6.74. The second kappa shape index (κ2) is 5.03. The molecular weight excluding hydrogens is 216 g/mol. The molecule has 2 nitrogen and oxygen atoms in total. The minimum atomic E-state index is -1.67. The Balaban J connectivity index is 2.62. The average Bonchev–Trinajstić information content (AvgIpc) is 2.51. The monoisotopic (exact) mass is 242 g/mol. The minimum Gasteiger partial charge on any atom is -0.410 e. The van der Waals surface area contributed by atoms with Crippen molar-refractivity contribution in [1.82, 2.24) is 0 Å². The van der Waals surface area contributed by atoms with Gasteiger partial charge in [0.25, 0.3) is 0 Å². The van der Waals surface area contributed by atoms with Crippen LogP contribution in [0, 0.1) is 5.92 Å². The lowest BCUT2D eigenvalue weighted by atomic mass is 10.0. The predicted octanol–water partition coefficient (Wildman–Crippen LogP) is 3.34. The molecule has 3 heteroatoms. The molecule has 0 fully saturated rings. The van der Waals surface area contributed by atoms with Gasteiger partial charge in [-0.1, -0.05) is 32.9 Å².